The number of nitro groups is 1. The van der Waals surface area contributed by atoms with Crippen molar-refractivity contribution in [3.63, 3.8) is 0 Å². The van der Waals surface area contributed by atoms with Crippen LogP contribution in [0, 0.1) is 10.1 Å². The maximum absolute atomic E-state index is 10.9. The van der Waals surface area contributed by atoms with Gasteiger partial charge in [0.15, 0.2) is 5.82 Å². The van der Waals surface area contributed by atoms with Crippen LogP contribution in [0.3, 0.4) is 0 Å². The molecule has 9 heteroatoms. The van der Waals surface area contributed by atoms with Gasteiger partial charge in [-0.1, -0.05) is 35.9 Å². The van der Waals surface area contributed by atoms with Crippen molar-refractivity contribution in [3.8, 4) is 5.75 Å². The highest BCUT2D eigenvalue weighted by molar-refractivity contribution is 6.31. The van der Waals surface area contributed by atoms with Gasteiger partial charge in [0, 0.05) is 27.4 Å². The maximum atomic E-state index is 10.9. The Morgan fingerprint density at radius 2 is 2.12 bits per heavy atom. The zero-order valence-electron chi connectivity index (χ0n) is 12.0. The van der Waals surface area contributed by atoms with Gasteiger partial charge < -0.3 is 5.11 Å². The molecule has 0 spiro atoms. The topological polar surface area (TPSA) is 114 Å². The predicted molar refractivity (Wildman–Crippen MR) is 90.5 cm³/mol. The van der Waals surface area contributed by atoms with Crippen LogP contribution in [0.25, 0.3) is 10.8 Å². The van der Waals surface area contributed by atoms with Gasteiger partial charge in [-0.05, 0) is 6.07 Å². The molecule has 1 heterocycles. The third-order valence-electron chi connectivity index (χ3n) is 3.23. The third-order valence-corrected chi connectivity index (χ3v) is 3.44. The van der Waals surface area contributed by atoms with Gasteiger partial charge >= 0.3 is 5.69 Å². The minimum absolute atomic E-state index is 0.106. The van der Waals surface area contributed by atoms with Crippen molar-refractivity contribution in [1.29, 1.82) is 0 Å². The second-order valence-corrected chi connectivity index (χ2v) is 5.21. The molecule has 3 aromatic rings. The van der Waals surface area contributed by atoms with Gasteiger partial charge in [-0.25, -0.2) is 0 Å². The number of halogens is 1. The standard InChI is InChI=1S/C15H10ClN5O3/c16-11-5-10(14(22)13(6-11)21(23)24)8-18-20-15-12-4-2-1-3-9(12)7-17-19-15/h1-8,22H,(H,19,20)/b18-8+. The molecule has 24 heavy (non-hydrogen) atoms. The van der Waals surface area contributed by atoms with E-state index in [1.807, 2.05) is 24.3 Å². The molecule has 2 N–H and O–H groups in total. The second kappa shape index (κ2) is 6.47. The summed E-state index contributed by atoms with van der Waals surface area (Å²) in [6, 6.07) is 9.89. The Labute approximate surface area is 140 Å². The van der Waals surface area contributed by atoms with Crippen molar-refractivity contribution in [3.05, 3.63) is 63.3 Å². The zero-order valence-corrected chi connectivity index (χ0v) is 12.8. The minimum atomic E-state index is -0.720. The Kier molecular flexibility index (Phi) is 4.21. The summed E-state index contributed by atoms with van der Waals surface area (Å²) in [6.07, 6.45) is 2.84. The number of nitrogens with one attached hydrogen (secondary N) is 1. The van der Waals surface area contributed by atoms with Gasteiger partial charge in [-0.3, -0.25) is 15.5 Å². The van der Waals surface area contributed by atoms with Crippen molar-refractivity contribution < 1.29 is 10.0 Å². The molecule has 2 aromatic carbocycles. The molecule has 0 fully saturated rings. The van der Waals surface area contributed by atoms with Crippen molar-refractivity contribution in [1.82, 2.24) is 10.2 Å². The van der Waals surface area contributed by atoms with Crippen LogP contribution in [0.1, 0.15) is 5.56 Å². The number of rotatable bonds is 4. The number of hydrogen-bond acceptors (Lipinski definition) is 7. The number of anilines is 1. The molecule has 8 nitrogen and oxygen atoms in total. The highest BCUT2D eigenvalue weighted by Crippen LogP contribution is 2.32. The smallest absolute Gasteiger partial charge is 0.312 e. The number of aromatic hydroxyl groups is 1. The average Bonchev–Trinajstić information content (AvgIpc) is 2.57. The van der Waals surface area contributed by atoms with E-state index in [1.165, 1.54) is 12.3 Å². The van der Waals surface area contributed by atoms with E-state index in [1.54, 1.807) is 6.20 Å². The quantitative estimate of drug-likeness (QED) is 0.426. The number of phenolic OH excluding ortho intramolecular Hbond substituents is 1. The summed E-state index contributed by atoms with van der Waals surface area (Å²) in [4.78, 5) is 10.2. The molecular formula is C15H10ClN5O3. The van der Waals surface area contributed by atoms with Gasteiger partial charge in [-0.2, -0.15) is 10.2 Å². The fourth-order valence-corrected chi connectivity index (χ4v) is 2.34. The number of benzene rings is 2. The van der Waals surface area contributed by atoms with Gasteiger partial charge in [0.2, 0.25) is 5.75 Å². The Bertz CT molecular complexity index is 956. The molecule has 0 aliphatic carbocycles. The lowest BCUT2D eigenvalue weighted by molar-refractivity contribution is -0.385. The fraction of sp³-hybridized carbons (Fsp3) is 0. The zero-order chi connectivity index (χ0) is 17.1. The number of hydrazone groups is 1. The van der Waals surface area contributed by atoms with Crippen molar-refractivity contribution >= 4 is 40.1 Å². The predicted octanol–water partition coefficient (Wildman–Crippen LogP) is 3.34. The summed E-state index contributed by atoms with van der Waals surface area (Å²) in [7, 11) is 0. The third kappa shape index (κ3) is 3.08. The summed E-state index contributed by atoms with van der Waals surface area (Å²) >= 11 is 5.82. The summed E-state index contributed by atoms with van der Waals surface area (Å²) < 4.78 is 0. The summed E-state index contributed by atoms with van der Waals surface area (Å²) in [5.74, 6) is -0.0979. The first kappa shape index (κ1) is 15.6. The molecule has 0 bridgehead atoms. The first-order valence-corrected chi connectivity index (χ1v) is 7.10. The van der Waals surface area contributed by atoms with E-state index in [2.05, 4.69) is 20.7 Å². The van der Waals surface area contributed by atoms with Crippen LogP contribution < -0.4 is 5.43 Å². The number of nitro benzene ring substituents is 1. The lowest BCUT2D eigenvalue weighted by Gasteiger charge is -2.04. The van der Waals surface area contributed by atoms with E-state index >= 15 is 0 Å². The molecule has 0 aliphatic heterocycles. The highest BCUT2D eigenvalue weighted by atomic mass is 35.5. The minimum Gasteiger partial charge on any atom is -0.502 e. The SMILES string of the molecule is O=[N+]([O-])c1cc(Cl)cc(/C=N/Nc2nncc3ccccc23)c1O. The van der Waals surface area contributed by atoms with E-state index in [4.69, 9.17) is 11.6 Å². The second-order valence-electron chi connectivity index (χ2n) is 4.77. The Morgan fingerprint density at radius 3 is 2.92 bits per heavy atom. The lowest BCUT2D eigenvalue weighted by Crippen LogP contribution is -1.97. The van der Waals surface area contributed by atoms with Crippen LogP contribution in [-0.4, -0.2) is 26.4 Å². The van der Waals surface area contributed by atoms with E-state index in [9.17, 15) is 15.2 Å². The van der Waals surface area contributed by atoms with Crippen molar-refractivity contribution in [2.24, 2.45) is 5.10 Å². The van der Waals surface area contributed by atoms with E-state index in [0.29, 0.717) is 5.82 Å². The van der Waals surface area contributed by atoms with Crippen LogP contribution in [0.5, 0.6) is 5.75 Å². The molecule has 0 radical (unpaired) electrons. The summed E-state index contributed by atoms with van der Waals surface area (Å²) in [5.41, 5.74) is 2.32. The number of aromatic nitrogens is 2. The van der Waals surface area contributed by atoms with Crippen LogP contribution in [0.4, 0.5) is 11.5 Å². The lowest BCUT2D eigenvalue weighted by atomic mass is 10.2. The number of fused-ring (bicyclic) bond motifs is 1. The molecule has 0 saturated heterocycles. The molecule has 0 atom stereocenters. The maximum Gasteiger partial charge on any atom is 0.312 e. The highest BCUT2D eigenvalue weighted by Gasteiger charge is 2.17. The van der Waals surface area contributed by atoms with Crippen LogP contribution in [0.2, 0.25) is 5.02 Å². The van der Waals surface area contributed by atoms with Crippen molar-refractivity contribution in [2.45, 2.75) is 0 Å². The van der Waals surface area contributed by atoms with Crippen LogP contribution in [-0.2, 0) is 0 Å². The van der Waals surface area contributed by atoms with E-state index < -0.39 is 16.4 Å². The van der Waals surface area contributed by atoms with E-state index in [-0.39, 0.29) is 10.6 Å². The number of hydrogen-bond donors (Lipinski definition) is 2. The Morgan fingerprint density at radius 1 is 1.33 bits per heavy atom. The monoisotopic (exact) mass is 343 g/mol. The van der Waals surface area contributed by atoms with Crippen molar-refractivity contribution in [2.75, 3.05) is 5.43 Å². The molecule has 0 saturated carbocycles. The average molecular weight is 344 g/mol. The van der Waals surface area contributed by atoms with Crippen LogP contribution in [0.15, 0.2) is 47.7 Å². The molecule has 3 rings (SSSR count). The van der Waals surface area contributed by atoms with Gasteiger partial charge in [0.05, 0.1) is 17.3 Å². The Balaban J connectivity index is 1.90. The van der Waals surface area contributed by atoms with E-state index in [0.717, 1.165) is 16.8 Å². The molecule has 0 amide bonds. The largest absolute Gasteiger partial charge is 0.502 e. The van der Waals surface area contributed by atoms with Crippen LogP contribution >= 0.6 is 11.6 Å². The molecule has 120 valence electrons. The Hall–Kier alpha value is -3.26. The number of phenols is 1. The molecule has 0 unspecified atom stereocenters. The first-order chi connectivity index (χ1) is 11.6. The first-order valence-electron chi connectivity index (χ1n) is 6.72. The molecule has 0 aliphatic rings. The normalized spacial score (nSPS) is 11.0. The molecular weight excluding hydrogens is 334 g/mol. The van der Waals surface area contributed by atoms with Gasteiger partial charge in [0.25, 0.3) is 0 Å². The molecule has 1 aromatic heterocycles. The summed E-state index contributed by atoms with van der Waals surface area (Å²) in [5, 5.41) is 34.3. The summed E-state index contributed by atoms with van der Waals surface area (Å²) in [6.45, 7) is 0. The number of nitrogens with zero attached hydrogens (tertiary/aromatic N) is 4. The van der Waals surface area contributed by atoms with Gasteiger partial charge in [0.1, 0.15) is 0 Å². The van der Waals surface area contributed by atoms with Gasteiger partial charge in [-0.15, -0.1) is 5.10 Å². The fourth-order valence-electron chi connectivity index (χ4n) is 2.12.